The van der Waals surface area contributed by atoms with Crippen LogP contribution in [-0.2, 0) is 23.0 Å². The number of sulfonamides is 1. The van der Waals surface area contributed by atoms with Crippen LogP contribution < -0.4 is 5.73 Å². The molecule has 0 unspecified atom stereocenters. The molecular formula is C20H29N3O2S. The van der Waals surface area contributed by atoms with Crippen LogP contribution in [0.3, 0.4) is 0 Å². The molecule has 5 nitrogen and oxygen atoms in total. The number of rotatable bonds is 3. The van der Waals surface area contributed by atoms with Crippen LogP contribution >= 0.6 is 0 Å². The van der Waals surface area contributed by atoms with Gasteiger partial charge < -0.3 is 10.6 Å². The van der Waals surface area contributed by atoms with Gasteiger partial charge in [-0.25, -0.2) is 12.7 Å². The minimum absolute atomic E-state index is 0.306. The summed E-state index contributed by atoms with van der Waals surface area (Å²) < 4.78 is 25.6. The summed E-state index contributed by atoms with van der Waals surface area (Å²) in [4.78, 5) is 2.56. The molecule has 0 saturated heterocycles. The molecule has 142 valence electrons. The lowest BCUT2D eigenvalue weighted by Gasteiger charge is -2.28. The number of fused-ring (bicyclic) bond motifs is 1. The maximum absolute atomic E-state index is 12.2. The Labute approximate surface area is 157 Å². The lowest BCUT2D eigenvalue weighted by atomic mass is 9.90. The first-order chi connectivity index (χ1) is 12.3. The molecule has 0 radical (unpaired) electrons. The fraction of sp³-hybridized carbons (Fsp3) is 0.400. The third kappa shape index (κ3) is 3.92. The van der Waals surface area contributed by atoms with Gasteiger partial charge in [0, 0.05) is 32.9 Å². The van der Waals surface area contributed by atoms with E-state index in [4.69, 9.17) is 5.73 Å². The van der Waals surface area contributed by atoms with E-state index in [0.29, 0.717) is 4.90 Å². The van der Waals surface area contributed by atoms with Crippen LogP contribution in [0.25, 0.3) is 11.1 Å². The van der Waals surface area contributed by atoms with E-state index in [-0.39, 0.29) is 0 Å². The summed E-state index contributed by atoms with van der Waals surface area (Å²) in [6.45, 7) is 5.85. The molecule has 26 heavy (non-hydrogen) atoms. The molecule has 0 amide bonds. The molecular weight excluding hydrogens is 346 g/mol. The number of hydrogen-bond donors (Lipinski definition) is 1. The number of likely N-dealkylation sites (N-methyl/N-ethyl adjacent to an activating group) is 1. The van der Waals surface area contributed by atoms with E-state index in [1.54, 1.807) is 12.1 Å². The number of nitrogen functional groups attached to an aromatic ring is 1. The summed E-state index contributed by atoms with van der Waals surface area (Å²) in [5.74, 6) is 0. The van der Waals surface area contributed by atoms with E-state index in [2.05, 4.69) is 11.9 Å². The van der Waals surface area contributed by atoms with Crippen LogP contribution in [0.15, 0.2) is 41.3 Å². The number of anilines is 1. The Bertz CT molecular complexity index is 859. The molecule has 1 aliphatic rings. The molecule has 0 spiro atoms. The van der Waals surface area contributed by atoms with Crippen molar-refractivity contribution < 1.29 is 8.42 Å². The van der Waals surface area contributed by atoms with Crippen LogP contribution in [0.5, 0.6) is 0 Å². The van der Waals surface area contributed by atoms with Gasteiger partial charge in [0.25, 0.3) is 0 Å². The Balaban J connectivity index is 0.00000117. The summed E-state index contributed by atoms with van der Waals surface area (Å²) in [6, 6.07) is 11.1. The van der Waals surface area contributed by atoms with Gasteiger partial charge in [-0.2, -0.15) is 0 Å². The van der Waals surface area contributed by atoms with Gasteiger partial charge in [0.15, 0.2) is 0 Å². The predicted molar refractivity (Wildman–Crippen MR) is 109 cm³/mol. The molecule has 2 aromatic rings. The van der Waals surface area contributed by atoms with Crippen molar-refractivity contribution in [2.45, 2.75) is 31.7 Å². The second-order valence-corrected chi connectivity index (χ2v) is 8.61. The molecule has 0 bridgehead atoms. The number of nitrogens with zero attached hydrogens (tertiary/aromatic N) is 2. The van der Waals surface area contributed by atoms with E-state index in [1.165, 1.54) is 29.5 Å². The third-order valence-corrected chi connectivity index (χ3v) is 6.41. The minimum atomic E-state index is -3.40. The van der Waals surface area contributed by atoms with E-state index in [1.807, 2.05) is 38.1 Å². The minimum Gasteiger partial charge on any atom is -0.398 e. The average molecular weight is 376 g/mol. The van der Waals surface area contributed by atoms with Crippen LogP contribution in [0, 0.1) is 0 Å². The van der Waals surface area contributed by atoms with Gasteiger partial charge >= 0.3 is 0 Å². The second kappa shape index (κ2) is 8.20. The second-order valence-electron chi connectivity index (χ2n) is 6.46. The first-order valence-electron chi connectivity index (χ1n) is 8.92. The standard InChI is InChI=1S/C18H23N3O2S.C2H6/c1-20(2)24(22,23)14-6-4-13(5-7-14)15-8-9-18(19)17-12-21(3)11-10-16(15)17;1-2/h4-9H,10-12,19H2,1-3H3;1-2H3. The molecule has 1 heterocycles. The maximum Gasteiger partial charge on any atom is 0.242 e. The Kier molecular flexibility index (Phi) is 6.44. The Hall–Kier alpha value is -1.89. The monoisotopic (exact) mass is 375 g/mol. The SMILES string of the molecule is CC.CN1CCc2c(-c3ccc(S(=O)(=O)N(C)C)cc3)ccc(N)c2C1. The van der Waals surface area contributed by atoms with Crippen molar-refractivity contribution in [3.63, 3.8) is 0 Å². The van der Waals surface area contributed by atoms with E-state index >= 15 is 0 Å². The largest absolute Gasteiger partial charge is 0.398 e. The fourth-order valence-corrected chi connectivity index (χ4v) is 4.02. The van der Waals surface area contributed by atoms with Crippen molar-refractivity contribution in [3.05, 3.63) is 47.5 Å². The normalized spacial score (nSPS) is 14.5. The summed E-state index contributed by atoms with van der Waals surface area (Å²) >= 11 is 0. The molecule has 0 aromatic heterocycles. The van der Waals surface area contributed by atoms with Gasteiger partial charge in [0.2, 0.25) is 10.0 Å². The van der Waals surface area contributed by atoms with Gasteiger partial charge in [0.05, 0.1) is 4.90 Å². The first kappa shape index (κ1) is 20.4. The van der Waals surface area contributed by atoms with Gasteiger partial charge in [-0.3, -0.25) is 0 Å². The first-order valence-corrected chi connectivity index (χ1v) is 10.4. The summed E-state index contributed by atoms with van der Waals surface area (Å²) in [5, 5.41) is 0. The van der Waals surface area contributed by atoms with E-state index in [0.717, 1.165) is 36.3 Å². The molecule has 0 atom stereocenters. The van der Waals surface area contributed by atoms with Crippen LogP contribution in [0.2, 0.25) is 0 Å². The molecule has 6 heteroatoms. The quantitative estimate of drug-likeness (QED) is 0.837. The number of hydrogen-bond acceptors (Lipinski definition) is 4. The molecule has 2 N–H and O–H groups in total. The zero-order chi connectivity index (χ0) is 19.5. The zero-order valence-electron chi connectivity index (χ0n) is 16.3. The van der Waals surface area contributed by atoms with Crippen molar-refractivity contribution in [3.8, 4) is 11.1 Å². The zero-order valence-corrected chi connectivity index (χ0v) is 17.1. The van der Waals surface area contributed by atoms with Crippen molar-refractivity contribution in [2.24, 2.45) is 0 Å². The van der Waals surface area contributed by atoms with Crippen molar-refractivity contribution >= 4 is 15.7 Å². The van der Waals surface area contributed by atoms with Crippen LogP contribution in [-0.4, -0.2) is 45.3 Å². The molecule has 0 fully saturated rings. The number of benzene rings is 2. The Morgan fingerprint density at radius 2 is 1.62 bits per heavy atom. The van der Waals surface area contributed by atoms with Crippen molar-refractivity contribution in [1.82, 2.24) is 9.21 Å². The highest BCUT2D eigenvalue weighted by atomic mass is 32.2. The topological polar surface area (TPSA) is 66.6 Å². The molecule has 0 aliphatic carbocycles. The summed E-state index contributed by atoms with van der Waals surface area (Å²) in [7, 11) is 1.77. The average Bonchev–Trinajstić information content (AvgIpc) is 2.64. The molecule has 3 rings (SSSR count). The Morgan fingerprint density at radius 1 is 1.00 bits per heavy atom. The van der Waals surface area contributed by atoms with E-state index < -0.39 is 10.0 Å². The fourth-order valence-electron chi connectivity index (χ4n) is 3.12. The van der Waals surface area contributed by atoms with Gasteiger partial charge in [0.1, 0.15) is 0 Å². The predicted octanol–water partition coefficient (Wildman–Crippen LogP) is 3.20. The molecule has 0 saturated carbocycles. The molecule has 2 aromatic carbocycles. The van der Waals surface area contributed by atoms with E-state index in [9.17, 15) is 8.42 Å². The van der Waals surface area contributed by atoms with Gasteiger partial charge in [-0.05, 0) is 53.9 Å². The summed E-state index contributed by atoms with van der Waals surface area (Å²) in [5.41, 5.74) is 11.6. The lowest BCUT2D eigenvalue weighted by molar-refractivity contribution is 0.314. The highest BCUT2D eigenvalue weighted by Crippen LogP contribution is 2.33. The highest BCUT2D eigenvalue weighted by molar-refractivity contribution is 7.89. The highest BCUT2D eigenvalue weighted by Gasteiger charge is 2.21. The maximum atomic E-state index is 12.2. The lowest BCUT2D eigenvalue weighted by Crippen LogP contribution is -2.27. The van der Waals surface area contributed by atoms with Crippen LogP contribution in [0.1, 0.15) is 25.0 Å². The molecule has 1 aliphatic heterocycles. The van der Waals surface area contributed by atoms with Gasteiger partial charge in [-0.15, -0.1) is 0 Å². The summed E-state index contributed by atoms with van der Waals surface area (Å²) in [6.07, 6.45) is 0.948. The van der Waals surface area contributed by atoms with Crippen LogP contribution in [0.4, 0.5) is 5.69 Å². The third-order valence-electron chi connectivity index (χ3n) is 4.58. The smallest absolute Gasteiger partial charge is 0.242 e. The van der Waals surface area contributed by atoms with Gasteiger partial charge in [-0.1, -0.05) is 32.0 Å². The van der Waals surface area contributed by atoms with Crippen molar-refractivity contribution in [2.75, 3.05) is 33.4 Å². The number of nitrogens with two attached hydrogens (primary N) is 1. The Morgan fingerprint density at radius 3 is 2.19 bits per heavy atom. The van der Waals surface area contributed by atoms with Crippen molar-refractivity contribution in [1.29, 1.82) is 0 Å².